The Hall–Kier alpha value is -2.41. The van der Waals surface area contributed by atoms with Gasteiger partial charge in [-0.25, -0.2) is 0 Å². The number of hydrogen-bond acceptors (Lipinski definition) is 6. The van der Waals surface area contributed by atoms with Crippen molar-refractivity contribution in [3.05, 3.63) is 35.1 Å². The fourth-order valence-electron chi connectivity index (χ4n) is 1.85. The Kier molecular flexibility index (Phi) is 4.06. The fourth-order valence-corrected chi connectivity index (χ4v) is 2.08. The lowest BCUT2D eigenvalue weighted by Gasteiger charge is -2.14. The van der Waals surface area contributed by atoms with Crippen LogP contribution < -0.4 is 15.4 Å². The maximum Gasteiger partial charge on any atom is 0.257 e. The van der Waals surface area contributed by atoms with Crippen LogP contribution in [0.1, 0.15) is 23.2 Å². The van der Waals surface area contributed by atoms with Crippen molar-refractivity contribution in [1.82, 2.24) is 15.2 Å². The molecule has 1 fully saturated rings. The average Bonchev–Trinajstić information content (AvgIpc) is 3.35. The van der Waals surface area contributed by atoms with Crippen LogP contribution in [0.4, 0.5) is 11.5 Å². The van der Waals surface area contributed by atoms with E-state index in [2.05, 4.69) is 25.8 Å². The number of methoxy groups -OCH3 is 1. The molecule has 2 N–H and O–H groups in total. The van der Waals surface area contributed by atoms with Crippen LogP contribution in [0.2, 0.25) is 5.02 Å². The van der Waals surface area contributed by atoms with Gasteiger partial charge in [0.05, 0.1) is 30.1 Å². The van der Waals surface area contributed by atoms with E-state index in [1.807, 2.05) is 0 Å². The summed E-state index contributed by atoms with van der Waals surface area (Å²) in [6, 6.07) is 3.48. The van der Waals surface area contributed by atoms with Crippen LogP contribution >= 0.6 is 11.6 Å². The van der Waals surface area contributed by atoms with Crippen molar-refractivity contribution in [3.8, 4) is 5.88 Å². The number of ether oxygens (including phenoxy) is 1. The zero-order chi connectivity index (χ0) is 15.5. The summed E-state index contributed by atoms with van der Waals surface area (Å²) in [5.74, 6) is 0.557. The van der Waals surface area contributed by atoms with E-state index in [0.717, 1.165) is 12.8 Å². The lowest BCUT2D eigenvalue weighted by molar-refractivity contribution is 0.102. The smallest absolute Gasteiger partial charge is 0.257 e. The number of amides is 1. The lowest BCUT2D eigenvalue weighted by Crippen LogP contribution is -2.16. The molecule has 3 rings (SSSR count). The van der Waals surface area contributed by atoms with Gasteiger partial charge in [-0.05, 0) is 18.9 Å². The maximum absolute atomic E-state index is 12.3. The van der Waals surface area contributed by atoms with Gasteiger partial charge in [0, 0.05) is 12.1 Å². The Morgan fingerprint density at radius 2 is 2.23 bits per heavy atom. The standard InChI is InChI=1S/C14H14ClN5O2/c1-22-11-6-10(15)12(13(19-11)18-9-2-3-9)20-14(21)8-4-5-16-17-7-8/h4-7,9H,2-3H2,1H3,(H,18,19)(H,20,21). The molecule has 0 radical (unpaired) electrons. The normalized spacial score (nSPS) is 13.5. The van der Waals surface area contributed by atoms with Crippen LogP contribution in [0, 0.1) is 0 Å². The molecule has 1 saturated carbocycles. The monoisotopic (exact) mass is 319 g/mol. The van der Waals surface area contributed by atoms with Crippen molar-refractivity contribution in [1.29, 1.82) is 0 Å². The van der Waals surface area contributed by atoms with Gasteiger partial charge in [0.25, 0.3) is 5.91 Å². The molecule has 0 aliphatic heterocycles. The summed E-state index contributed by atoms with van der Waals surface area (Å²) < 4.78 is 5.12. The predicted molar refractivity (Wildman–Crippen MR) is 82.4 cm³/mol. The number of rotatable bonds is 5. The van der Waals surface area contributed by atoms with E-state index in [-0.39, 0.29) is 5.91 Å². The summed E-state index contributed by atoms with van der Waals surface area (Å²) in [6.07, 6.45) is 4.97. The van der Waals surface area contributed by atoms with Crippen LogP contribution in [0.15, 0.2) is 24.5 Å². The third-order valence-electron chi connectivity index (χ3n) is 3.16. The van der Waals surface area contributed by atoms with Gasteiger partial charge >= 0.3 is 0 Å². The molecule has 8 heteroatoms. The van der Waals surface area contributed by atoms with Crippen molar-refractivity contribution in [2.75, 3.05) is 17.7 Å². The van der Waals surface area contributed by atoms with Crippen LogP contribution in [0.5, 0.6) is 5.88 Å². The van der Waals surface area contributed by atoms with Crippen molar-refractivity contribution in [2.45, 2.75) is 18.9 Å². The number of carbonyl (C=O) groups is 1. The quantitative estimate of drug-likeness (QED) is 0.879. The topological polar surface area (TPSA) is 89.0 Å². The molecular weight excluding hydrogens is 306 g/mol. The molecule has 2 aromatic heterocycles. The Bertz CT molecular complexity index is 691. The molecule has 0 bridgehead atoms. The van der Waals surface area contributed by atoms with E-state index in [1.165, 1.54) is 19.5 Å². The van der Waals surface area contributed by atoms with Crippen molar-refractivity contribution < 1.29 is 9.53 Å². The van der Waals surface area contributed by atoms with Gasteiger partial charge in [-0.15, -0.1) is 0 Å². The highest BCUT2D eigenvalue weighted by Crippen LogP contribution is 2.35. The first-order valence-electron chi connectivity index (χ1n) is 6.76. The molecule has 114 valence electrons. The Morgan fingerprint density at radius 1 is 1.41 bits per heavy atom. The zero-order valence-electron chi connectivity index (χ0n) is 11.8. The second kappa shape index (κ2) is 6.15. The summed E-state index contributed by atoms with van der Waals surface area (Å²) in [4.78, 5) is 16.6. The molecule has 7 nitrogen and oxygen atoms in total. The highest BCUT2D eigenvalue weighted by molar-refractivity contribution is 6.34. The number of nitrogens with zero attached hydrogens (tertiary/aromatic N) is 3. The van der Waals surface area contributed by atoms with E-state index in [4.69, 9.17) is 16.3 Å². The third-order valence-corrected chi connectivity index (χ3v) is 3.46. The molecule has 1 aliphatic carbocycles. The molecule has 22 heavy (non-hydrogen) atoms. The zero-order valence-corrected chi connectivity index (χ0v) is 12.6. The second-order valence-electron chi connectivity index (χ2n) is 4.87. The largest absolute Gasteiger partial charge is 0.481 e. The lowest BCUT2D eigenvalue weighted by atomic mass is 10.2. The van der Waals surface area contributed by atoms with Crippen molar-refractivity contribution in [3.63, 3.8) is 0 Å². The van der Waals surface area contributed by atoms with E-state index in [9.17, 15) is 4.79 Å². The second-order valence-corrected chi connectivity index (χ2v) is 5.28. The van der Waals surface area contributed by atoms with Crippen LogP contribution in [0.3, 0.4) is 0 Å². The Labute approximate surface area is 132 Å². The van der Waals surface area contributed by atoms with Crippen molar-refractivity contribution >= 4 is 29.0 Å². The number of halogens is 1. The van der Waals surface area contributed by atoms with E-state index < -0.39 is 0 Å². The summed E-state index contributed by atoms with van der Waals surface area (Å²) in [7, 11) is 1.51. The number of anilines is 2. The van der Waals surface area contributed by atoms with Gasteiger partial charge in [-0.2, -0.15) is 15.2 Å². The first-order chi connectivity index (χ1) is 10.7. The minimum absolute atomic E-state index is 0.331. The first-order valence-corrected chi connectivity index (χ1v) is 7.14. The minimum Gasteiger partial charge on any atom is -0.481 e. The number of nitrogens with one attached hydrogen (secondary N) is 2. The molecule has 1 amide bonds. The molecule has 0 saturated heterocycles. The number of aromatic nitrogens is 3. The van der Waals surface area contributed by atoms with Gasteiger partial charge in [-0.1, -0.05) is 11.6 Å². The molecule has 2 heterocycles. The molecular formula is C14H14ClN5O2. The number of hydrogen-bond donors (Lipinski definition) is 2. The molecule has 0 atom stereocenters. The molecule has 1 aliphatic rings. The van der Waals surface area contributed by atoms with E-state index in [1.54, 1.807) is 12.1 Å². The third kappa shape index (κ3) is 3.25. The molecule has 0 spiro atoms. The summed E-state index contributed by atoms with van der Waals surface area (Å²) in [6.45, 7) is 0. The van der Waals surface area contributed by atoms with Gasteiger partial charge in [0.15, 0.2) is 5.82 Å². The number of carbonyl (C=O) groups excluding carboxylic acids is 1. The van der Waals surface area contributed by atoms with E-state index in [0.29, 0.717) is 34.0 Å². The van der Waals surface area contributed by atoms with E-state index >= 15 is 0 Å². The van der Waals surface area contributed by atoms with Crippen LogP contribution in [-0.4, -0.2) is 34.2 Å². The molecule has 0 aromatic carbocycles. The average molecular weight is 320 g/mol. The van der Waals surface area contributed by atoms with Gasteiger partial charge in [-0.3, -0.25) is 4.79 Å². The summed E-state index contributed by atoms with van der Waals surface area (Å²) in [5, 5.41) is 13.7. The van der Waals surface area contributed by atoms with Gasteiger partial charge in [0.2, 0.25) is 5.88 Å². The van der Waals surface area contributed by atoms with Crippen molar-refractivity contribution in [2.24, 2.45) is 0 Å². The SMILES string of the molecule is COc1cc(Cl)c(NC(=O)c2ccnnc2)c(NC2CC2)n1. The number of pyridine rings is 1. The summed E-state index contributed by atoms with van der Waals surface area (Å²) >= 11 is 6.25. The van der Waals surface area contributed by atoms with Gasteiger partial charge in [0.1, 0.15) is 5.69 Å². The molecule has 2 aromatic rings. The Morgan fingerprint density at radius 3 is 2.86 bits per heavy atom. The van der Waals surface area contributed by atoms with Gasteiger partial charge < -0.3 is 15.4 Å². The highest BCUT2D eigenvalue weighted by atomic mass is 35.5. The molecule has 0 unspecified atom stereocenters. The Balaban J connectivity index is 1.89. The summed E-state index contributed by atoms with van der Waals surface area (Å²) in [5.41, 5.74) is 0.815. The first kappa shape index (κ1) is 14.5. The maximum atomic E-state index is 12.3. The fraction of sp³-hybridized carbons (Fsp3) is 0.286. The van der Waals surface area contributed by atoms with Crippen LogP contribution in [-0.2, 0) is 0 Å². The highest BCUT2D eigenvalue weighted by Gasteiger charge is 2.25. The minimum atomic E-state index is -0.331. The predicted octanol–water partition coefficient (Wildman–Crippen LogP) is 2.36. The van der Waals surface area contributed by atoms with Crippen LogP contribution in [0.25, 0.3) is 0 Å².